The number of nitrogens with zero attached hydrogens (tertiary/aromatic N) is 5. The van der Waals surface area contributed by atoms with Crippen molar-refractivity contribution in [1.82, 2.24) is 35.1 Å². The van der Waals surface area contributed by atoms with Gasteiger partial charge in [0.25, 0.3) is 0 Å². The van der Waals surface area contributed by atoms with Crippen LogP contribution < -0.4 is 5.32 Å². The van der Waals surface area contributed by atoms with Gasteiger partial charge in [-0.05, 0) is 24.3 Å². The Morgan fingerprint density at radius 1 is 1.07 bits per heavy atom. The van der Waals surface area contributed by atoms with E-state index in [0.29, 0.717) is 22.6 Å². The van der Waals surface area contributed by atoms with E-state index in [4.69, 9.17) is 0 Å². The average Bonchev–Trinajstić information content (AvgIpc) is 3.37. The molecule has 0 saturated carbocycles. The van der Waals surface area contributed by atoms with Crippen LogP contribution >= 0.6 is 11.8 Å². The molecule has 0 aliphatic carbocycles. The highest BCUT2D eigenvalue weighted by molar-refractivity contribution is 7.99. The lowest BCUT2D eigenvalue weighted by Crippen LogP contribution is -2.15. The summed E-state index contributed by atoms with van der Waals surface area (Å²) in [5.41, 5.74) is 2.39. The van der Waals surface area contributed by atoms with E-state index in [1.807, 2.05) is 24.3 Å². The second-order valence-electron chi connectivity index (χ2n) is 5.42. The fourth-order valence-corrected chi connectivity index (χ4v) is 2.89. The van der Waals surface area contributed by atoms with E-state index in [1.165, 1.54) is 11.8 Å². The van der Waals surface area contributed by atoms with Crippen LogP contribution in [-0.2, 0) is 4.79 Å². The molecule has 0 bridgehead atoms. The van der Waals surface area contributed by atoms with Crippen molar-refractivity contribution >= 4 is 23.6 Å². The summed E-state index contributed by atoms with van der Waals surface area (Å²) in [4.78, 5) is 31.8. The lowest BCUT2D eigenvalue weighted by atomic mass is 10.2. The SMILES string of the molecule is O=C(CSc1nc(-c2cccnc2)n[nH]1)Nc1nc(-c2cccnc2)c[nH]1. The number of imidazole rings is 1. The van der Waals surface area contributed by atoms with Gasteiger partial charge in [-0.2, -0.15) is 5.10 Å². The summed E-state index contributed by atoms with van der Waals surface area (Å²) < 4.78 is 0. The molecule has 0 aliphatic heterocycles. The van der Waals surface area contributed by atoms with Crippen molar-refractivity contribution in [3.63, 3.8) is 0 Å². The molecule has 0 saturated heterocycles. The quantitative estimate of drug-likeness (QED) is 0.440. The largest absolute Gasteiger partial charge is 0.330 e. The Balaban J connectivity index is 1.33. The normalized spacial score (nSPS) is 10.7. The molecular formula is C17H14N8OS. The molecule has 0 unspecified atom stereocenters. The third kappa shape index (κ3) is 4.18. The van der Waals surface area contributed by atoms with Gasteiger partial charge in [0.2, 0.25) is 11.9 Å². The van der Waals surface area contributed by atoms with E-state index in [2.05, 4.69) is 40.4 Å². The molecule has 27 heavy (non-hydrogen) atoms. The average molecular weight is 378 g/mol. The number of pyridine rings is 2. The number of aromatic nitrogens is 7. The number of rotatable bonds is 6. The Labute approximate surface area is 158 Å². The van der Waals surface area contributed by atoms with Crippen LogP contribution in [0.4, 0.5) is 5.95 Å². The molecular weight excluding hydrogens is 364 g/mol. The number of hydrogen-bond acceptors (Lipinski definition) is 7. The van der Waals surface area contributed by atoms with E-state index in [0.717, 1.165) is 11.1 Å². The monoisotopic (exact) mass is 378 g/mol. The van der Waals surface area contributed by atoms with Crippen molar-refractivity contribution in [2.24, 2.45) is 0 Å². The second-order valence-corrected chi connectivity index (χ2v) is 6.38. The Bertz CT molecular complexity index is 1030. The summed E-state index contributed by atoms with van der Waals surface area (Å²) in [6.45, 7) is 0. The van der Waals surface area contributed by atoms with Crippen LogP contribution in [0.3, 0.4) is 0 Å². The number of anilines is 1. The predicted molar refractivity (Wildman–Crippen MR) is 101 cm³/mol. The molecule has 4 heterocycles. The first-order valence-electron chi connectivity index (χ1n) is 7.99. The molecule has 0 aromatic carbocycles. The number of amides is 1. The summed E-state index contributed by atoms with van der Waals surface area (Å²) >= 11 is 1.25. The van der Waals surface area contributed by atoms with Gasteiger partial charge >= 0.3 is 0 Å². The summed E-state index contributed by atoms with van der Waals surface area (Å²) in [7, 11) is 0. The first-order valence-corrected chi connectivity index (χ1v) is 8.98. The molecule has 3 N–H and O–H groups in total. The van der Waals surface area contributed by atoms with E-state index in [-0.39, 0.29) is 11.7 Å². The number of hydrogen-bond donors (Lipinski definition) is 3. The number of H-pyrrole nitrogens is 2. The number of carbonyl (C=O) groups is 1. The molecule has 9 nitrogen and oxygen atoms in total. The maximum absolute atomic E-state index is 12.1. The topological polar surface area (TPSA) is 125 Å². The first-order chi connectivity index (χ1) is 13.3. The molecule has 4 rings (SSSR count). The molecule has 0 spiro atoms. The highest BCUT2D eigenvalue weighted by Crippen LogP contribution is 2.19. The zero-order chi connectivity index (χ0) is 18.5. The van der Waals surface area contributed by atoms with Crippen LogP contribution in [0.15, 0.2) is 60.4 Å². The molecule has 10 heteroatoms. The Kier molecular flexibility index (Phi) is 4.88. The van der Waals surface area contributed by atoms with E-state index in [1.54, 1.807) is 31.0 Å². The smallest absolute Gasteiger partial charge is 0.237 e. The van der Waals surface area contributed by atoms with Gasteiger partial charge in [-0.25, -0.2) is 9.97 Å². The first kappa shape index (κ1) is 16.9. The molecule has 0 atom stereocenters. The number of carbonyl (C=O) groups excluding carboxylic acids is 1. The summed E-state index contributed by atoms with van der Waals surface area (Å²) in [6.07, 6.45) is 8.49. The van der Waals surface area contributed by atoms with Gasteiger partial charge in [0.1, 0.15) is 0 Å². The minimum Gasteiger partial charge on any atom is -0.330 e. The van der Waals surface area contributed by atoms with Gasteiger partial charge < -0.3 is 4.98 Å². The molecule has 1 amide bonds. The third-order valence-corrected chi connectivity index (χ3v) is 4.38. The Morgan fingerprint density at radius 3 is 2.59 bits per heavy atom. The third-order valence-electron chi connectivity index (χ3n) is 3.52. The van der Waals surface area contributed by atoms with Gasteiger partial charge in [0.05, 0.1) is 11.4 Å². The van der Waals surface area contributed by atoms with Crippen molar-refractivity contribution in [2.75, 3.05) is 11.1 Å². The van der Waals surface area contributed by atoms with Crippen molar-refractivity contribution in [1.29, 1.82) is 0 Å². The van der Waals surface area contributed by atoms with Crippen molar-refractivity contribution in [2.45, 2.75) is 5.16 Å². The Hall–Kier alpha value is -3.53. The fourth-order valence-electron chi connectivity index (χ4n) is 2.29. The standard InChI is InChI=1S/C17H14N8OS/c26-14(22-16-20-9-13(21-16)11-3-1-5-18-7-11)10-27-17-23-15(24-25-17)12-4-2-6-19-8-12/h1-9H,10H2,(H,23,24,25)(H2,20,21,22,26). The van der Waals surface area contributed by atoms with Crippen molar-refractivity contribution in [3.05, 3.63) is 55.2 Å². The summed E-state index contributed by atoms with van der Waals surface area (Å²) in [6, 6.07) is 7.41. The molecule has 4 aromatic rings. The number of aromatic amines is 2. The molecule has 0 aliphatic rings. The van der Waals surface area contributed by atoms with Crippen LogP contribution in [0.25, 0.3) is 22.6 Å². The van der Waals surface area contributed by atoms with Gasteiger partial charge in [0.15, 0.2) is 11.0 Å². The fraction of sp³-hybridized carbons (Fsp3) is 0.0588. The predicted octanol–water partition coefficient (Wildman–Crippen LogP) is 2.38. The van der Waals surface area contributed by atoms with Crippen LogP contribution in [-0.4, -0.2) is 46.8 Å². The lowest BCUT2D eigenvalue weighted by molar-refractivity contribution is -0.113. The van der Waals surface area contributed by atoms with Gasteiger partial charge in [0, 0.05) is 42.1 Å². The zero-order valence-electron chi connectivity index (χ0n) is 14.0. The van der Waals surface area contributed by atoms with Crippen molar-refractivity contribution < 1.29 is 4.79 Å². The molecule has 134 valence electrons. The van der Waals surface area contributed by atoms with Crippen LogP contribution in [0.2, 0.25) is 0 Å². The van der Waals surface area contributed by atoms with E-state index in [9.17, 15) is 4.79 Å². The van der Waals surface area contributed by atoms with Crippen LogP contribution in [0.5, 0.6) is 0 Å². The van der Waals surface area contributed by atoms with Crippen LogP contribution in [0.1, 0.15) is 0 Å². The number of nitrogens with one attached hydrogen (secondary N) is 3. The van der Waals surface area contributed by atoms with Crippen LogP contribution in [0, 0.1) is 0 Å². The van der Waals surface area contributed by atoms with Gasteiger partial charge in [-0.15, -0.1) is 0 Å². The summed E-state index contributed by atoms with van der Waals surface area (Å²) in [5.74, 6) is 0.891. The Morgan fingerprint density at radius 2 is 1.85 bits per heavy atom. The molecule has 0 radical (unpaired) electrons. The minimum atomic E-state index is -0.202. The maximum atomic E-state index is 12.1. The van der Waals surface area contributed by atoms with E-state index >= 15 is 0 Å². The minimum absolute atomic E-state index is 0.171. The highest BCUT2D eigenvalue weighted by atomic mass is 32.2. The molecule has 4 aromatic heterocycles. The highest BCUT2D eigenvalue weighted by Gasteiger charge is 2.11. The second kappa shape index (κ2) is 7.79. The lowest BCUT2D eigenvalue weighted by Gasteiger charge is -2.00. The zero-order valence-corrected chi connectivity index (χ0v) is 14.8. The summed E-state index contributed by atoms with van der Waals surface area (Å²) in [5, 5.41) is 10.2. The molecule has 0 fully saturated rings. The maximum Gasteiger partial charge on any atom is 0.237 e. The van der Waals surface area contributed by atoms with Gasteiger partial charge in [-0.1, -0.05) is 11.8 Å². The van der Waals surface area contributed by atoms with E-state index < -0.39 is 0 Å². The number of thioether (sulfide) groups is 1. The van der Waals surface area contributed by atoms with Crippen molar-refractivity contribution in [3.8, 4) is 22.6 Å². The van der Waals surface area contributed by atoms with Gasteiger partial charge in [-0.3, -0.25) is 25.2 Å².